The molecule has 0 aliphatic carbocycles. The zero-order valence-electron chi connectivity index (χ0n) is 37.3. The number of ether oxygens (including phenoxy) is 1. The molecule has 0 radical (unpaired) electrons. The van der Waals surface area contributed by atoms with Crippen molar-refractivity contribution in [3.05, 3.63) is 232 Å². The van der Waals surface area contributed by atoms with Crippen molar-refractivity contribution in [3.63, 3.8) is 0 Å². The second-order valence-corrected chi connectivity index (χ2v) is 16.2. The predicted octanol–water partition coefficient (Wildman–Crippen LogP) is 16.7. The largest absolute Gasteiger partial charge is 0.497 e. The summed E-state index contributed by atoms with van der Waals surface area (Å²) < 4.78 is 5.33. The number of nitrogens with zero attached hydrogens (tertiary/aromatic N) is 2. The zero-order chi connectivity index (χ0) is 43.7. The summed E-state index contributed by atoms with van der Waals surface area (Å²) in [4.78, 5) is 4.83. The summed E-state index contributed by atoms with van der Waals surface area (Å²) in [5.74, 6) is 0.858. The normalized spacial score (nSPS) is 11.3. The highest BCUT2D eigenvalue weighted by Crippen LogP contribution is 2.42. The molecule has 0 saturated heterocycles. The Bertz CT molecular complexity index is 2820. The second-order valence-electron chi connectivity index (χ2n) is 16.2. The molecule has 0 atom stereocenters. The molecule has 0 heterocycles. The lowest BCUT2D eigenvalue weighted by atomic mass is 10.00. The summed E-state index contributed by atoms with van der Waals surface area (Å²) >= 11 is 0. The van der Waals surface area contributed by atoms with Crippen molar-refractivity contribution < 1.29 is 4.74 Å². The number of hydrogen-bond donors (Lipinski definition) is 0. The van der Waals surface area contributed by atoms with Gasteiger partial charge >= 0.3 is 0 Å². The van der Waals surface area contributed by atoms with Crippen LogP contribution >= 0.6 is 0 Å². The van der Waals surface area contributed by atoms with Crippen molar-refractivity contribution in [1.82, 2.24) is 0 Å². The Hall–Kier alpha value is -7.36. The molecule has 0 aromatic heterocycles. The highest BCUT2D eigenvalue weighted by atomic mass is 16.5. The van der Waals surface area contributed by atoms with Gasteiger partial charge in [0.1, 0.15) is 5.75 Å². The van der Waals surface area contributed by atoms with Crippen molar-refractivity contribution in [2.24, 2.45) is 0 Å². The van der Waals surface area contributed by atoms with Crippen LogP contribution in [0.25, 0.3) is 35.4 Å². The van der Waals surface area contributed by atoms with Crippen LogP contribution in [0, 0.1) is 20.8 Å². The number of methoxy groups -OCH3 is 1. The topological polar surface area (TPSA) is 15.7 Å². The standard InChI is InChI=1S/C60H56N2O/c1-7-50-13-9-11-44(4)59(50)61(54-33-23-47(24-34-54)20-19-46-17-15-43(3)16-18-46)56-37-29-52(30-38-56)53-31-39-57(40-32-53)62(60-45(5)12-10-14-51(60)8-2)55-35-25-48(26-36-55)21-22-49-27-41-58(63-6)42-28-49/h9-42H,7-8H2,1-6H3/b20-19+,22-21+. The molecule has 0 N–H and O–H groups in total. The summed E-state index contributed by atoms with van der Waals surface area (Å²) in [5.41, 5.74) is 20.4. The van der Waals surface area contributed by atoms with E-state index in [0.29, 0.717) is 0 Å². The van der Waals surface area contributed by atoms with E-state index < -0.39 is 0 Å². The minimum absolute atomic E-state index is 0.858. The average molecular weight is 821 g/mol. The van der Waals surface area contributed by atoms with E-state index in [1.165, 1.54) is 61.4 Å². The first-order valence-corrected chi connectivity index (χ1v) is 22.1. The van der Waals surface area contributed by atoms with E-state index in [1.54, 1.807) is 7.11 Å². The van der Waals surface area contributed by atoms with Crippen LogP contribution in [0.1, 0.15) is 63.9 Å². The van der Waals surface area contributed by atoms with Gasteiger partial charge in [-0.3, -0.25) is 0 Å². The Morgan fingerprint density at radius 2 is 0.698 bits per heavy atom. The minimum atomic E-state index is 0.858. The van der Waals surface area contributed by atoms with Crippen LogP contribution in [0.5, 0.6) is 5.75 Å². The smallest absolute Gasteiger partial charge is 0.118 e. The molecular weight excluding hydrogens is 765 g/mol. The fourth-order valence-corrected chi connectivity index (χ4v) is 8.32. The SMILES string of the molecule is CCc1cccc(C)c1N(c1ccc(/C=C/c2ccc(C)cc2)cc1)c1ccc(-c2ccc(N(c3ccc(/C=C/c4ccc(OC)cc4)cc3)c3c(C)cccc3CC)cc2)cc1. The second kappa shape index (κ2) is 19.6. The fraction of sp³-hybridized carbons (Fsp3) is 0.133. The number of para-hydroxylation sites is 2. The van der Waals surface area contributed by atoms with Crippen LogP contribution in [-0.2, 0) is 12.8 Å². The minimum Gasteiger partial charge on any atom is -0.497 e. The van der Waals surface area contributed by atoms with Gasteiger partial charge in [0, 0.05) is 22.7 Å². The maximum atomic E-state index is 5.33. The third kappa shape index (κ3) is 9.75. The van der Waals surface area contributed by atoms with Crippen LogP contribution in [0.4, 0.5) is 34.1 Å². The highest BCUT2D eigenvalue weighted by molar-refractivity contribution is 5.85. The van der Waals surface area contributed by atoms with E-state index in [0.717, 1.165) is 52.5 Å². The molecule has 8 aromatic carbocycles. The van der Waals surface area contributed by atoms with E-state index in [4.69, 9.17) is 4.74 Å². The molecule has 0 bridgehead atoms. The maximum Gasteiger partial charge on any atom is 0.118 e. The molecule has 0 spiro atoms. The molecule has 0 amide bonds. The maximum absolute atomic E-state index is 5.33. The lowest BCUT2D eigenvalue weighted by Gasteiger charge is -2.30. The summed E-state index contributed by atoms with van der Waals surface area (Å²) in [6.45, 7) is 11.0. The monoisotopic (exact) mass is 820 g/mol. The third-order valence-corrected chi connectivity index (χ3v) is 11.9. The van der Waals surface area contributed by atoms with E-state index in [1.807, 2.05) is 12.1 Å². The number of hydrogen-bond acceptors (Lipinski definition) is 3. The number of anilines is 6. The van der Waals surface area contributed by atoms with E-state index in [2.05, 4.69) is 239 Å². The Balaban J connectivity index is 1.09. The number of benzene rings is 8. The molecule has 0 saturated carbocycles. The van der Waals surface area contributed by atoms with Gasteiger partial charge in [-0.1, -0.05) is 165 Å². The van der Waals surface area contributed by atoms with Gasteiger partial charge in [-0.05, 0) is 150 Å². The van der Waals surface area contributed by atoms with Crippen LogP contribution in [0.15, 0.2) is 182 Å². The Morgan fingerprint density at radius 3 is 1.03 bits per heavy atom. The molecule has 8 aromatic rings. The van der Waals surface area contributed by atoms with Crippen molar-refractivity contribution in [2.75, 3.05) is 16.9 Å². The first kappa shape index (κ1) is 42.3. The van der Waals surface area contributed by atoms with Gasteiger partial charge in [-0.15, -0.1) is 0 Å². The molecule has 3 heteroatoms. The van der Waals surface area contributed by atoms with Crippen LogP contribution in [0.3, 0.4) is 0 Å². The summed E-state index contributed by atoms with van der Waals surface area (Å²) in [5, 5.41) is 0. The van der Waals surface area contributed by atoms with Gasteiger partial charge in [0.15, 0.2) is 0 Å². The summed E-state index contributed by atoms with van der Waals surface area (Å²) in [6.07, 6.45) is 10.5. The average Bonchev–Trinajstić information content (AvgIpc) is 3.33. The fourth-order valence-electron chi connectivity index (χ4n) is 8.32. The Labute approximate surface area is 374 Å². The molecule has 0 fully saturated rings. The van der Waals surface area contributed by atoms with E-state index in [-0.39, 0.29) is 0 Å². The number of aryl methyl sites for hydroxylation is 5. The lowest BCUT2D eigenvalue weighted by molar-refractivity contribution is 0.415. The van der Waals surface area contributed by atoms with Crippen LogP contribution < -0.4 is 14.5 Å². The van der Waals surface area contributed by atoms with Crippen molar-refractivity contribution >= 4 is 58.4 Å². The molecule has 0 aliphatic heterocycles. The van der Waals surface area contributed by atoms with Gasteiger partial charge in [-0.2, -0.15) is 0 Å². The molecule has 3 nitrogen and oxygen atoms in total. The highest BCUT2D eigenvalue weighted by Gasteiger charge is 2.20. The molecule has 8 rings (SSSR count). The first-order valence-electron chi connectivity index (χ1n) is 22.1. The summed E-state index contributed by atoms with van der Waals surface area (Å²) in [7, 11) is 1.69. The lowest BCUT2D eigenvalue weighted by Crippen LogP contribution is -2.13. The quantitative estimate of drug-likeness (QED) is 0.102. The summed E-state index contributed by atoms with van der Waals surface area (Å²) in [6, 6.07) is 65.9. The Kier molecular flexibility index (Phi) is 13.1. The number of rotatable bonds is 14. The first-order chi connectivity index (χ1) is 30.8. The van der Waals surface area contributed by atoms with Crippen molar-refractivity contribution in [1.29, 1.82) is 0 Å². The van der Waals surface area contributed by atoms with Crippen LogP contribution in [-0.4, -0.2) is 7.11 Å². The van der Waals surface area contributed by atoms with Crippen molar-refractivity contribution in [2.45, 2.75) is 47.5 Å². The van der Waals surface area contributed by atoms with Gasteiger partial charge < -0.3 is 14.5 Å². The van der Waals surface area contributed by atoms with E-state index >= 15 is 0 Å². The van der Waals surface area contributed by atoms with Gasteiger partial charge in [0.05, 0.1) is 18.5 Å². The third-order valence-electron chi connectivity index (χ3n) is 11.9. The molecule has 63 heavy (non-hydrogen) atoms. The molecule has 0 aliphatic rings. The zero-order valence-corrected chi connectivity index (χ0v) is 37.3. The van der Waals surface area contributed by atoms with Gasteiger partial charge in [0.2, 0.25) is 0 Å². The van der Waals surface area contributed by atoms with Gasteiger partial charge in [-0.25, -0.2) is 0 Å². The molecular formula is C60H56N2O. The molecule has 0 unspecified atom stereocenters. The Morgan fingerprint density at radius 1 is 0.381 bits per heavy atom. The van der Waals surface area contributed by atoms with Crippen LogP contribution in [0.2, 0.25) is 0 Å². The van der Waals surface area contributed by atoms with Gasteiger partial charge in [0.25, 0.3) is 0 Å². The van der Waals surface area contributed by atoms with Crippen molar-refractivity contribution in [3.8, 4) is 16.9 Å². The predicted molar refractivity (Wildman–Crippen MR) is 272 cm³/mol. The van der Waals surface area contributed by atoms with E-state index in [9.17, 15) is 0 Å². The molecule has 312 valence electrons.